The molecular formula is C10H12N2O2. The lowest BCUT2D eigenvalue weighted by atomic mass is 9.81. The van der Waals surface area contributed by atoms with E-state index in [1.807, 2.05) is 0 Å². The molecule has 0 bridgehead atoms. The molecule has 0 aromatic carbocycles. The molecule has 1 saturated heterocycles. The van der Waals surface area contributed by atoms with Gasteiger partial charge in [0.25, 0.3) is 5.91 Å². The van der Waals surface area contributed by atoms with E-state index in [1.54, 1.807) is 43.3 Å². The second kappa shape index (κ2) is 2.78. The topological polar surface area (TPSA) is 49.4 Å². The maximum Gasteiger partial charge on any atom is 0.252 e. The number of carbonyl (C=O) groups is 2. The summed E-state index contributed by atoms with van der Waals surface area (Å²) in [6.45, 7) is 0. The second-order valence-electron chi connectivity index (χ2n) is 3.76. The monoisotopic (exact) mass is 192 g/mol. The van der Waals surface area contributed by atoms with Crippen molar-refractivity contribution in [1.29, 1.82) is 0 Å². The predicted molar refractivity (Wildman–Crippen MR) is 51.3 cm³/mol. The van der Waals surface area contributed by atoms with Gasteiger partial charge >= 0.3 is 0 Å². The van der Waals surface area contributed by atoms with Crippen molar-refractivity contribution in [2.45, 2.75) is 5.54 Å². The maximum absolute atomic E-state index is 11.7. The highest BCUT2D eigenvalue weighted by Gasteiger charge is 2.54. The fourth-order valence-corrected chi connectivity index (χ4v) is 2.05. The first-order chi connectivity index (χ1) is 6.59. The number of hydrogen-bond acceptors (Lipinski definition) is 3. The van der Waals surface area contributed by atoms with Gasteiger partial charge in [-0.3, -0.25) is 19.8 Å². The molecule has 74 valence electrons. The minimum Gasteiger partial charge on any atom is -0.294 e. The average molecular weight is 192 g/mol. The molecule has 1 heterocycles. The van der Waals surface area contributed by atoms with Crippen LogP contribution >= 0.6 is 0 Å². The predicted octanol–water partition coefficient (Wildman–Crippen LogP) is -0.315. The Bertz CT molecular complexity index is 357. The molecule has 1 aliphatic heterocycles. The third kappa shape index (κ3) is 0.915. The van der Waals surface area contributed by atoms with Gasteiger partial charge in [-0.1, -0.05) is 24.3 Å². The number of nitrogens with zero attached hydrogens (tertiary/aromatic N) is 1. The van der Waals surface area contributed by atoms with Gasteiger partial charge in [0, 0.05) is 0 Å². The molecule has 0 spiro atoms. The van der Waals surface area contributed by atoms with Crippen molar-refractivity contribution in [2.75, 3.05) is 14.1 Å². The summed E-state index contributed by atoms with van der Waals surface area (Å²) in [6.07, 6.45) is 7.14. The Morgan fingerprint density at radius 1 is 1.36 bits per heavy atom. The van der Waals surface area contributed by atoms with Gasteiger partial charge in [0.05, 0.1) is 5.92 Å². The molecule has 2 unspecified atom stereocenters. The molecule has 4 nitrogen and oxygen atoms in total. The molecule has 0 aromatic rings. The molecule has 1 fully saturated rings. The van der Waals surface area contributed by atoms with Crippen molar-refractivity contribution in [3.05, 3.63) is 24.3 Å². The number of allylic oxidation sites excluding steroid dienone is 2. The van der Waals surface area contributed by atoms with E-state index >= 15 is 0 Å². The van der Waals surface area contributed by atoms with Crippen LogP contribution in [0.15, 0.2) is 24.3 Å². The van der Waals surface area contributed by atoms with E-state index in [9.17, 15) is 9.59 Å². The zero-order valence-corrected chi connectivity index (χ0v) is 8.15. The Morgan fingerprint density at radius 2 is 2.07 bits per heavy atom. The standard InChI is InChI=1S/C10H12N2O2/c1-12(2)10-6-4-3-5-7(10)8(13)11-9(10)14/h3-7H,1-2H3,(H,11,13,14). The van der Waals surface area contributed by atoms with E-state index in [0.717, 1.165) is 0 Å². The minimum absolute atomic E-state index is 0.218. The van der Waals surface area contributed by atoms with Crippen LogP contribution in [0.3, 0.4) is 0 Å². The van der Waals surface area contributed by atoms with E-state index < -0.39 is 11.5 Å². The summed E-state index contributed by atoms with van der Waals surface area (Å²) in [5, 5.41) is 2.36. The Balaban J connectivity index is 2.53. The first-order valence-corrected chi connectivity index (χ1v) is 4.48. The molecule has 1 aliphatic carbocycles. The van der Waals surface area contributed by atoms with Crippen LogP contribution in [0.5, 0.6) is 0 Å². The Kier molecular flexibility index (Phi) is 1.82. The van der Waals surface area contributed by atoms with Crippen LogP contribution in [0.4, 0.5) is 0 Å². The number of nitrogens with one attached hydrogen (secondary N) is 1. The Morgan fingerprint density at radius 3 is 2.64 bits per heavy atom. The maximum atomic E-state index is 11.7. The molecule has 4 heteroatoms. The number of likely N-dealkylation sites (N-methyl/N-ethyl adjacent to an activating group) is 1. The number of amides is 2. The fourth-order valence-electron chi connectivity index (χ4n) is 2.05. The van der Waals surface area contributed by atoms with Crippen LogP contribution in [0, 0.1) is 5.92 Å². The van der Waals surface area contributed by atoms with Gasteiger partial charge in [0.15, 0.2) is 0 Å². The van der Waals surface area contributed by atoms with Crippen LogP contribution in [0.1, 0.15) is 0 Å². The van der Waals surface area contributed by atoms with Gasteiger partial charge in [-0.15, -0.1) is 0 Å². The molecule has 2 amide bonds. The number of fused-ring (bicyclic) bond motifs is 1. The number of carbonyl (C=O) groups excluding carboxylic acids is 2. The highest BCUT2D eigenvalue weighted by molar-refractivity contribution is 6.12. The molecule has 2 aliphatic rings. The lowest BCUT2D eigenvalue weighted by Gasteiger charge is -2.34. The lowest BCUT2D eigenvalue weighted by molar-refractivity contribution is -0.127. The Hall–Kier alpha value is -1.42. The van der Waals surface area contributed by atoms with Gasteiger partial charge in [-0.05, 0) is 14.1 Å². The van der Waals surface area contributed by atoms with Crippen molar-refractivity contribution in [3.8, 4) is 0 Å². The first kappa shape index (κ1) is 9.15. The van der Waals surface area contributed by atoms with Gasteiger partial charge in [-0.2, -0.15) is 0 Å². The number of rotatable bonds is 1. The summed E-state index contributed by atoms with van der Waals surface area (Å²) in [6, 6.07) is 0. The average Bonchev–Trinajstić information content (AvgIpc) is 2.41. The van der Waals surface area contributed by atoms with Gasteiger partial charge in [-0.25, -0.2) is 0 Å². The minimum atomic E-state index is -0.814. The van der Waals surface area contributed by atoms with Crippen molar-refractivity contribution in [2.24, 2.45) is 5.92 Å². The summed E-state index contributed by atoms with van der Waals surface area (Å²) in [5.74, 6) is -0.850. The van der Waals surface area contributed by atoms with Crippen molar-refractivity contribution < 1.29 is 9.59 Å². The van der Waals surface area contributed by atoms with E-state index in [0.29, 0.717) is 0 Å². The molecule has 0 aromatic heterocycles. The van der Waals surface area contributed by atoms with Crippen LogP contribution in [0.2, 0.25) is 0 Å². The number of hydrogen-bond donors (Lipinski definition) is 1. The summed E-state index contributed by atoms with van der Waals surface area (Å²) >= 11 is 0. The first-order valence-electron chi connectivity index (χ1n) is 4.48. The summed E-state index contributed by atoms with van der Waals surface area (Å²) in [5.41, 5.74) is -0.814. The third-order valence-corrected chi connectivity index (χ3v) is 2.86. The highest BCUT2D eigenvalue weighted by atomic mass is 16.2. The molecule has 2 atom stereocenters. The SMILES string of the molecule is CN(C)C12C=CC=CC1C(=O)NC2=O. The van der Waals surface area contributed by atoms with E-state index in [2.05, 4.69) is 5.32 Å². The molecular weight excluding hydrogens is 180 g/mol. The largest absolute Gasteiger partial charge is 0.294 e. The summed E-state index contributed by atoms with van der Waals surface area (Å²) in [4.78, 5) is 25.0. The van der Waals surface area contributed by atoms with Gasteiger partial charge < -0.3 is 0 Å². The van der Waals surface area contributed by atoms with E-state index in [-0.39, 0.29) is 11.8 Å². The van der Waals surface area contributed by atoms with Crippen molar-refractivity contribution in [3.63, 3.8) is 0 Å². The second-order valence-corrected chi connectivity index (χ2v) is 3.76. The van der Waals surface area contributed by atoms with Gasteiger partial charge in [0.2, 0.25) is 5.91 Å². The zero-order valence-electron chi connectivity index (χ0n) is 8.15. The van der Waals surface area contributed by atoms with Crippen LogP contribution in [0.25, 0.3) is 0 Å². The molecule has 2 rings (SSSR count). The summed E-state index contributed by atoms with van der Waals surface area (Å²) < 4.78 is 0. The number of imide groups is 1. The highest BCUT2D eigenvalue weighted by Crippen LogP contribution is 2.33. The summed E-state index contributed by atoms with van der Waals surface area (Å²) in [7, 11) is 3.60. The fraction of sp³-hybridized carbons (Fsp3) is 0.400. The quantitative estimate of drug-likeness (QED) is 0.579. The normalized spacial score (nSPS) is 34.9. The van der Waals surface area contributed by atoms with Crippen molar-refractivity contribution >= 4 is 11.8 Å². The zero-order chi connectivity index (χ0) is 10.3. The molecule has 14 heavy (non-hydrogen) atoms. The van der Waals surface area contributed by atoms with E-state index in [1.165, 1.54) is 0 Å². The van der Waals surface area contributed by atoms with Crippen molar-refractivity contribution in [1.82, 2.24) is 10.2 Å². The van der Waals surface area contributed by atoms with E-state index in [4.69, 9.17) is 0 Å². The smallest absolute Gasteiger partial charge is 0.252 e. The lowest BCUT2D eigenvalue weighted by Crippen LogP contribution is -2.52. The molecule has 0 saturated carbocycles. The van der Waals surface area contributed by atoms with Crippen LogP contribution in [-0.2, 0) is 9.59 Å². The third-order valence-electron chi connectivity index (χ3n) is 2.86. The molecule has 0 radical (unpaired) electrons. The molecule has 1 N–H and O–H groups in total. The van der Waals surface area contributed by atoms with Gasteiger partial charge in [0.1, 0.15) is 5.54 Å². The van der Waals surface area contributed by atoms with Crippen LogP contribution in [-0.4, -0.2) is 36.3 Å². The van der Waals surface area contributed by atoms with Crippen LogP contribution < -0.4 is 5.32 Å². The Labute approximate surface area is 82.3 Å².